The fourth-order valence-corrected chi connectivity index (χ4v) is 5.49. The van der Waals surface area contributed by atoms with Crippen molar-refractivity contribution < 1.29 is 17.9 Å². The minimum Gasteiger partial charge on any atom is -0.490 e. The molecule has 0 aliphatic heterocycles. The van der Waals surface area contributed by atoms with E-state index in [1.807, 2.05) is 6.92 Å². The number of carbonyl (C=O) groups is 1. The summed E-state index contributed by atoms with van der Waals surface area (Å²) in [5, 5.41) is 3.29. The Balaban J connectivity index is 1.55. The summed E-state index contributed by atoms with van der Waals surface area (Å²) >= 11 is 6.24. The zero-order valence-electron chi connectivity index (χ0n) is 20.8. The maximum absolute atomic E-state index is 13.7. The highest BCUT2D eigenvalue weighted by molar-refractivity contribution is 7.92. The molecule has 4 aromatic rings. The minimum atomic E-state index is -3.89. The summed E-state index contributed by atoms with van der Waals surface area (Å²) in [7, 11) is -3.89. The number of hydrogen-bond donors (Lipinski definition) is 1. The van der Waals surface area contributed by atoms with E-state index in [4.69, 9.17) is 16.3 Å². The van der Waals surface area contributed by atoms with Gasteiger partial charge in [-0.05, 0) is 78.7 Å². The number of halogens is 1. The number of sulfonamides is 1. The first-order chi connectivity index (χ1) is 18.3. The van der Waals surface area contributed by atoms with E-state index >= 15 is 0 Å². The van der Waals surface area contributed by atoms with Crippen LogP contribution in [-0.2, 0) is 16.6 Å². The van der Waals surface area contributed by atoms with Crippen LogP contribution in [0.25, 0.3) is 0 Å². The molecule has 0 bridgehead atoms. The summed E-state index contributed by atoms with van der Waals surface area (Å²) in [6.45, 7) is 5.92. The van der Waals surface area contributed by atoms with E-state index in [9.17, 15) is 13.2 Å². The molecule has 0 unspecified atom stereocenters. The first-order valence-electron chi connectivity index (χ1n) is 11.9. The van der Waals surface area contributed by atoms with Crippen LogP contribution in [0, 0.1) is 6.92 Å². The molecule has 0 aliphatic carbocycles. The third kappa shape index (κ3) is 6.43. The van der Waals surface area contributed by atoms with Gasteiger partial charge < -0.3 is 10.1 Å². The molecule has 0 radical (unpaired) electrons. The van der Waals surface area contributed by atoms with Crippen molar-refractivity contribution in [3.8, 4) is 5.75 Å². The fraction of sp³-hybridized carbons (Fsp3) is 0.100. The Kier molecular flexibility index (Phi) is 8.51. The molecule has 1 N–H and O–H groups in total. The van der Waals surface area contributed by atoms with Gasteiger partial charge in [-0.15, -0.1) is 0 Å². The lowest BCUT2D eigenvalue weighted by Crippen LogP contribution is -2.31. The van der Waals surface area contributed by atoms with E-state index in [0.29, 0.717) is 39.9 Å². The van der Waals surface area contributed by atoms with Gasteiger partial charge in [-0.1, -0.05) is 60.7 Å². The highest BCUT2D eigenvalue weighted by Crippen LogP contribution is 2.31. The van der Waals surface area contributed by atoms with Crippen molar-refractivity contribution in [2.45, 2.75) is 18.4 Å². The molecule has 0 fully saturated rings. The number of nitrogens with one attached hydrogen (secondary N) is 1. The molecule has 0 saturated carbocycles. The number of benzene rings is 4. The van der Waals surface area contributed by atoms with Crippen LogP contribution in [0.5, 0.6) is 5.75 Å². The Morgan fingerprint density at radius 2 is 1.66 bits per heavy atom. The molecular weight excluding hydrogens is 520 g/mol. The average molecular weight is 547 g/mol. The number of aryl methyl sites for hydroxylation is 1. The Bertz CT molecular complexity index is 1520. The van der Waals surface area contributed by atoms with Gasteiger partial charge in [0, 0.05) is 16.3 Å². The lowest BCUT2D eigenvalue weighted by molar-refractivity contribution is 0.102. The van der Waals surface area contributed by atoms with Gasteiger partial charge in [0.15, 0.2) is 0 Å². The van der Waals surface area contributed by atoms with Crippen molar-refractivity contribution >= 4 is 38.9 Å². The Labute approximate surface area is 228 Å². The Morgan fingerprint density at radius 1 is 0.974 bits per heavy atom. The van der Waals surface area contributed by atoms with E-state index < -0.39 is 10.0 Å². The van der Waals surface area contributed by atoms with Crippen LogP contribution in [0.4, 0.5) is 11.4 Å². The molecule has 8 heteroatoms. The predicted octanol–water partition coefficient (Wildman–Crippen LogP) is 6.86. The number of hydrogen-bond acceptors (Lipinski definition) is 4. The van der Waals surface area contributed by atoms with E-state index in [-0.39, 0.29) is 17.3 Å². The Morgan fingerprint density at radius 3 is 2.32 bits per heavy atom. The number of carbonyl (C=O) groups excluding carboxylic acids is 1. The number of nitrogens with zero attached hydrogens (tertiary/aromatic N) is 1. The lowest BCUT2D eigenvalue weighted by atomic mass is 10.1. The highest BCUT2D eigenvalue weighted by atomic mass is 35.5. The standard InChI is InChI=1S/C30H27ClN2O4S/c1-3-19-37-27-17-15-26(16-18-27)32-30(34)24-12-10-23(11-13-24)21-33(29-20-25(31)14-9-22(29)2)38(35,36)28-7-5-4-6-8-28/h3-18,20H,1,19,21H2,2H3,(H,32,34). The second kappa shape index (κ2) is 12.0. The third-order valence-corrected chi connectivity index (χ3v) is 7.80. The van der Waals surface area contributed by atoms with Crippen LogP contribution >= 0.6 is 11.6 Å². The molecule has 0 spiro atoms. The normalized spacial score (nSPS) is 11.0. The van der Waals surface area contributed by atoms with Crippen molar-refractivity contribution in [3.63, 3.8) is 0 Å². The van der Waals surface area contributed by atoms with Gasteiger partial charge in [-0.25, -0.2) is 8.42 Å². The number of amides is 1. The Hall–Kier alpha value is -4.07. The maximum atomic E-state index is 13.7. The van der Waals surface area contributed by atoms with Gasteiger partial charge in [-0.2, -0.15) is 0 Å². The third-order valence-electron chi connectivity index (χ3n) is 5.79. The maximum Gasteiger partial charge on any atom is 0.264 e. The van der Waals surface area contributed by atoms with Crippen molar-refractivity contribution in [2.75, 3.05) is 16.2 Å². The van der Waals surface area contributed by atoms with Gasteiger partial charge in [0.05, 0.1) is 17.1 Å². The van der Waals surface area contributed by atoms with Gasteiger partial charge in [0.1, 0.15) is 12.4 Å². The van der Waals surface area contributed by atoms with Gasteiger partial charge in [0.2, 0.25) is 0 Å². The molecule has 0 heterocycles. The number of rotatable bonds is 10. The number of ether oxygens (including phenoxy) is 1. The predicted molar refractivity (Wildman–Crippen MR) is 153 cm³/mol. The summed E-state index contributed by atoms with van der Waals surface area (Å²) in [6.07, 6.45) is 1.66. The van der Waals surface area contributed by atoms with Gasteiger partial charge in [0.25, 0.3) is 15.9 Å². The summed E-state index contributed by atoms with van der Waals surface area (Å²) in [5.41, 5.74) is 3.04. The largest absolute Gasteiger partial charge is 0.490 e. The molecule has 0 atom stereocenters. The van der Waals surface area contributed by atoms with Crippen LogP contribution in [0.3, 0.4) is 0 Å². The van der Waals surface area contributed by atoms with Crippen LogP contribution in [-0.4, -0.2) is 20.9 Å². The fourth-order valence-electron chi connectivity index (χ4n) is 3.79. The topological polar surface area (TPSA) is 75.7 Å². The van der Waals surface area contributed by atoms with E-state index in [1.54, 1.807) is 103 Å². The quantitative estimate of drug-likeness (QED) is 0.220. The number of anilines is 2. The molecule has 6 nitrogen and oxygen atoms in total. The van der Waals surface area contributed by atoms with Gasteiger partial charge >= 0.3 is 0 Å². The van der Waals surface area contributed by atoms with Crippen LogP contribution in [0.2, 0.25) is 5.02 Å². The monoisotopic (exact) mass is 546 g/mol. The SMILES string of the molecule is C=CCOc1ccc(NC(=O)c2ccc(CN(c3cc(Cl)ccc3C)S(=O)(=O)c3ccccc3)cc2)cc1. The summed E-state index contributed by atoms with van der Waals surface area (Å²) in [5.74, 6) is 0.396. The van der Waals surface area contributed by atoms with Crippen LogP contribution in [0.1, 0.15) is 21.5 Å². The molecule has 4 aromatic carbocycles. The van der Waals surface area contributed by atoms with Crippen LogP contribution in [0.15, 0.2) is 115 Å². The highest BCUT2D eigenvalue weighted by Gasteiger charge is 2.26. The van der Waals surface area contributed by atoms with E-state index in [1.165, 1.54) is 4.31 Å². The second-order valence-corrected chi connectivity index (χ2v) is 10.8. The lowest BCUT2D eigenvalue weighted by Gasteiger charge is -2.26. The second-order valence-electron chi connectivity index (χ2n) is 8.53. The molecule has 194 valence electrons. The van der Waals surface area contributed by atoms with Crippen molar-refractivity contribution in [3.05, 3.63) is 131 Å². The average Bonchev–Trinajstić information content (AvgIpc) is 2.93. The van der Waals surface area contributed by atoms with Crippen molar-refractivity contribution in [1.82, 2.24) is 0 Å². The summed E-state index contributed by atoms with van der Waals surface area (Å²) in [4.78, 5) is 13.0. The van der Waals surface area contributed by atoms with Gasteiger partial charge in [-0.3, -0.25) is 9.10 Å². The molecule has 4 rings (SSSR count). The molecule has 0 aliphatic rings. The first-order valence-corrected chi connectivity index (χ1v) is 13.7. The molecular formula is C30H27ClN2O4S. The molecule has 0 aromatic heterocycles. The summed E-state index contributed by atoms with van der Waals surface area (Å²) < 4.78 is 34.1. The zero-order chi connectivity index (χ0) is 27.1. The smallest absolute Gasteiger partial charge is 0.264 e. The molecule has 38 heavy (non-hydrogen) atoms. The van der Waals surface area contributed by atoms with Crippen molar-refractivity contribution in [1.29, 1.82) is 0 Å². The summed E-state index contributed by atoms with van der Waals surface area (Å²) in [6, 6.07) is 27.3. The molecule has 1 amide bonds. The zero-order valence-corrected chi connectivity index (χ0v) is 22.4. The van der Waals surface area contributed by atoms with Crippen molar-refractivity contribution in [2.24, 2.45) is 0 Å². The minimum absolute atomic E-state index is 0.0620. The van der Waals surface area contributed by atoms with E-state index in [0.717, 1.165) is 5.56 Å². The first kappa shape index (κ1) is 27.0. The molecule has 0 saturated heterocycles. The van der Waals surface area contributed by atoms with Crippen LogP contribution < -0.4 is 14.4 Å². The van der Waals surface area contributed by atoms with E-state index in [2.05, 4.69) is 11.9 Å².